The van der Waals surface area contributed by atoms with Crippen LogP contribution in [0.4, 0.5) is 23.1 Å². The van der Waals surface area contributed by atoms with Crippen molar-refractivity contribution in [2.45, 2.75) is 76.9 Å². The number of aromatic nitrogens is 6. The van der Waals surface area contributed by atoms with E-state index in [1.165, 1.54) is 11.6 Å². The van der Waals surface area contributed by atoms with E-state index in [2.05, 4.69) is 41.8 Å². The van der Waals surface area contributed by atoms with E-state index in [0.717, 1.165) is 55.4 Å². The molecule has 3 amide bonds. The van der Waals surface area contributed by atoms with E-state index in [4.69, 9.17) is 26.4 Å². The first kappa shape index (κ1) is 41.9. The molecule has 7 heterocycles. The van der Waals surface area contributed by atoms with E-state index in [9.17, 15) is 24.3 Å². The molecule has 1 aromatic carbocycles. The van der Waals surface area contributed by atoms with Gasteiger partial charge >= 0.3 is 0 Å². The molecule has 0 radical (unpaired) electrons. The Morgan fingerprint density at radius 1 is 1.02 bits per heavy atom. The maximum Gasteiger partial charge on any atom is 0.294 e. The number of ether oxygens (including phenoxy) is 1. The highest BCUT2D eigenvalue weighted by Crippen LogP contribution is 2.42. The number of halogens is 1. The van der Waals surface area contributed by atoms with Gasteiger partial charge in [0.2, 0.25) is 17.8 Å². The first-order valence-electron chi connectivity index (χ1n) is 20.9. The molecule has 0 saturated carbocycles. The summed E-state index contributed by atoms with van der Waals surface area (Å²) >= 11 is 6.60. The van der Waals surface area contributed by atoms with Crippen molar-refractivity contribution in [3.05, 3.63) is 63.8 Å². The molecule has 5 aromatic rings. The van der Waals surface area contributed by atoms with Crippen LogP contribution in [0.25, 0.3) is 21.9 Å². The number of nitrogens with zero attached hydrogens (tertiary/aromatic N) is 8. The normalized spacial score (nSPS) is 19.0. The lowest BCUT2D eigenvalue weighted by atomic mass is 9.70. The minimum absolute atomic E-state index is 0.0426. The van der Waals surface area contributed by atoms with Crippen molar-refractivity contribution in [2.75, 3.05) is 55.0 Å². The number of likely N-dealkylation sites (N-methyl/N-ethyl adjacent to an activating group) is 1. The van der Waals surface area contributed by atoms with Crippen molar-refractivity contribution in [3.63, 3.8) is 0 Å². The standard InChI is InChI=1S/C43H52ClN11O6/c1-24(2)55-39-25(20-33(41(55)59)61-23-35(57)45-4)19-28(21-46-39)48-38-31(44)22-47-42(50-38)54-17-13-27(14-18-54)43(3,60)26-11-15-53(16-12-26)32-8-6-7-29-36(51-52(5)37(29)32)30-9-10-34(56)49-40(30)58/h6-8,19-22,24,26-27,30,60H,9-18,23H2,1-5H3,(H,45,57)(H,47,48,50)(H,49,56,58)/t30?,43-/m1/s1. The van der Waals surface area contributed by atoms with Crippen molar-refractivity contribution in [3.8, 4) is 5.75 Å². The highest BCUT2D eigenvalue weighted by atomic mass is 35.5. The van der Waals surface area contributed by atoms with E-state index in [0.29, 0.717) is 65.1 Å². The molecule has 3 fully saturated rings. The Hall–Kier alpha value is -5.81. The fraction of sp³-hybridized carbons (Fsp3) is 0.488. The number of piperidine rings is 3. The molecule has 0 bridgehead atoms. The molecule has 3 aliphatic heterocycles. The molecule has 8 rings (SSSR count). The van der Waals surface area contributed by atoms with Gasteiger partial charge in [-0.3, -0.25) is 33.7 Å². The number of fused-ring (bicyclic) bond motifs is 2. The molecule has 2 atom stereocenters. The topological polar surface area (TPSA) is 202 Å². The number of amides is 3. The molecule has 0 aliphatic carbocycles. The lowest BCUT2D eigenvalue weighted by Gasteiger charge is -2.46. The van der Waals surface area contributed by atoms with Crippen LogP contribution < -0.4 is 36.0 Å². The quantitative estimate of drug-likeness (QED) is 0.135. The number of anilines is 4. The fourth-order valence-corrected chi connectivity index (χ4v) is 9.45. The molecule has 1 unspecified atom stereocenters. The molecular formula is C43H52ClN11O6. The molecule has 4 aromatic heterocycles. The van der Waals surface area contributed by atoms with E-state index in [1.54, 1.807) is 18.5 Å². The first-order valence-corrected chi connectivity index (χ1v) is 21.3. The van der Waals surface area contributed by atoms with Gasteiger partial charge in [0.1, 0.15) is 10.7 Å². The van der Waals surface area contributed by atoms with Crippen LogP contribution in [0.2, 0.25) is 5.02 Å². The summed E-state index contributed by atoms with van der Waals surface area (Å²) in [5.41, 5.74) is 2.55. The third-order valence-electron chi connectivity index (χ3n) is 12.7. The number of benzene rings is 1. The van der Waals surface area contributed by atoms with Gasteiger partial charge in [-0.25, -0.2) is 9.97 Å². The number of hydrogen-bond donors (Lipinski definition) is 4. The molecule has 0 spiro atoms. The van der Waals surface area contributed by atoms with Gasteiger partial charge in [-0.2, -0.15) is 10.1 Å². The maximum absolute atomic E-state index is 13.2. The van der Waals surface area contributed by atoms with Gasteiger partial charge in [-0.1, -0.05) is 23.7 Å². The zero-order valence-corrected chi connectivity index (χ0v) is 35.8. The lowest BCUT2D eigenvalue weighted by Crippen LogP contribution is -2.51. The second kappa shape index (κ2) is 16.9. The molecule has 4 N–H and O–H groups in total. The van der Waals surface area contributed by atoms with Gasteiger partial charge < -0.3 is 30.3 Å². The number of aryl methyl sites for hydroxylation is 1. The van der Waals surface area contributed by atoms with E-state index < -0.39 is 11.5 Å². The molecule has 17 nitrogen and oxygen atoms in total. The number of carbonyl (C=O) groups is 3. The summed E-state index contributed by atoms with van der Waals surface area (Å²) in [6.07, 6.45) is 7.14. The Bertz CT molecular complexity index is 2560. The van der Waals surface area contributed by atoms with Crippen LogP contribution in [0.15, 0.2) is 47.5 Å². The van der Waals surface area contributed by atoms with Crippen LogP contribution >= 0.6 is 11.6 Å². The van der Waals surface area contributed by atoms with Crippen molar-refractivity contribution < 1.29 is 24.2 Å². The molecule has 322 valence electrons. The van der Waals surface area contributed by atoms with Crippen LogP contribution in [-0.4, -0.2) is 97.6 Å². The van der Waals surface area contributed by atoms with Gasteiger partial charge in [0.15, 0.2) is 18.2 Å². The zero-order valence-electron chi connectivity index (χ0n) is 35.1. The predicted molar refractivity (Wildman–Crippen MR) is 233 cm³/mol. The highest BCUT2D eigenvalue weighted by Gasteiger charge is 2.43. The Kier molecular flexibility index (Phi) is 11.6. The molecule has 61 heavy (non-hydrogen) atoms. The van der Waals surface area contributed by atoms with E-state index in [-0.39, 0.29) is 53.5 Å². The minimum atomic E-state index is -0.861. The average Bonchev–Trinajstić information content (AvgIpc) is 3.59. The number of carbonyl (C=O) groups excluding carboxylic acids is 3. The first-order chi connectivity index (χ1) is 29.2. The molecular weight excluding hydrogens is 802 g/mol. The molecule has 3 aliphatic rings. The Labute approximate surface area is 357 Å². The second-order valence-corrected chi connectivity index (χ2v) is 17.2. The van der Waals surface area contributed by atoms with Crippen molar-refractivity contribution in [1.82, 2.24) is 39.9 Å². The summed E-state index contributed by atoms with van der Waals surface area (Å²) in [5, 5.41) is 27.0. The summed E-state index contributed by atoms with van der Waals surface area (Å²) in [6, 6.07) is 9.29. The van der Waals surface area contributed by atoms with Crippen LogP contribution in [-0.2, 0) is 21.4 Å². The average molecular weight is 854 g/mol. The Morgan fingerprint density at radius 3 is 2.39 bits per heavy atom. The Morgan fingerprint density at radius 2 is 1.72 bits per heavy atom. The summed E-state index contributed by atoms with van der Waals surface area (Å²) in [4.78, 5) is 68.0. The summed E-state index contributed by atoms with van der Waals surface area (Å²) < 4.78 is 8.97. The maximum atomic E-state index is 13.2. The third kappa shape index (κ3) is 8.20. The molecule has 3 saturated heterocycles. The number of aliphatic hydroxyl groups is 1. The lowest BCUT2D eigenvalue weighted by molar-refractivity contribution is -0.134. The van der Waals surface area contributed by atoms with Gasteiger partial charge in [0, 0.05) is 63.5 Å². The Balaban J connectivity index is 0.911. The van der Waals surface area contributed by atoms with E-state index >= 15 is 0 Å². The number of nitrogens with one attached hydrogen (secondary N) is 3. The predicted octanol–water partition coefficient (Wildman–Crippen LogP) is 4.58. The van der Waals surface area contributed by atoms with Crippen molar-refractivity contribution in [2.24, 2.45) is 18.9 Å². The SMILES string of the molecule is CNC(=O)COc1cc2cc(Nc3nc(N4CCC([C@](C)(O)C5CCN(c6cccc7c(C8CCC(=O)NC8=O)nn(C)c67)CC5)CC4)ncc3Cl)cnc2n(C(C)C)c1=O. The monoisotopic (exact) mass is 853 g/mol. The molecule has 18 heteroatoms. The number of rotatable bonds is 11. The minimum Gasteiger partial charge on any atom is -0.478 e. The van der Waals surface area contributed by atoms with Gasteiger partial charge in [0.25, 0.3) is 11.5 Å². The smallest absolute Gasteiger partial charge is 0.294 e. The van der Waals surface area contributed by atoms with Crippen LogP contribution in [0.1, 0.15) is 76.9 Å². The zero-order chi connectivity index (χ0) is 43.2. The summed E-state index contributed by atoms with van der Waals surface area (Å²) in [7, 11) is 3.40. The van der Waals surface area contributed by atoms with E-state index in [1.807, 2.05) is 50.7 Å². The van der Waals surface area contributed by atoms with Crippen LogP contribution in [0.3, 0.4) is 0 Å². The van der Waals surface area contributed by atoms with Crippen LogP contribution in [0.5, 0.6) is 5.75 Å². The third-order valence-corrected chi connectivity index (χ3v) is 13.0. The fourth-order valence-electron chi connectivity index (χ4n) is 9.31. The second-order valence-electron chi connectivity index (χ2n) is 16.8. The van der Waals surface area contributed by atoms with Gasteiger partial charge in [-0.05, 0) is 82.9 Å². The van der Waals surface area contributed by atoms with Crippen LogP contribution in [0, 0.1) is 11.8 Å². The van der Waals surface area contributed by atoms with Crippen molar-refractivity contribution >= 4 is 74.4 Å². The number of pyridine rings is 2. The number of imide groups is 1. The largest absolute Gasteiger partial charge is 0.478 e. The summed E-state index contributed by atoms with van der Waals surface area (Å²) in [6.45, 7) is 8.36. The van der Waals surface area contributed by atoms with Crippen molar-refractivity contribution in [1.29, 1.82) is 0 Å². The van der Waals surface area contributed by atoms with Gasteiger partial charge in [-0.15, -0.1) is 0 Å². The number of hydrogen-bond acceptors (Lipinski definition) is 13. The summed E-state index contributed by atoms with van der Waals surface area (Å²) in [5.74, 6) is -0.170. The highest BCUT2D eigenvalue weighted by molar-refractivity contribution is 6.33. The number of para-hydroxylation sites is 1. The van der Waals surface area contributed by atoms with Gasteiger partial charge in [0.05, 0.1) is 46.5 Å².